The van der Waals surface area contributed by atoms with Gasteiger partial charge in [-0.1, -0.05) is 5.16 Å². The number of amides is 1. The second-order valence-electron chi connectivity index (χ2n) is 8.86. The van der Waals surface area contributed by atoms with E-state index in [9.17, 15) is 18.0 Å². The van der Waals surface area contributed by atoms with Crippen LogP contribution in [0.25, 0.3) is 0 Å². The van der Waals surface area contributed by atoms with Crippen LogP contribution in [0.3, 0.4) is 0 Å². The monoisotopic (exact) mass is 498 g/mol. The maximum absolute atomic E-state index is 12.7. The Morgan fingerprint density at radius 1 is 1.31 bits per heavy atom. The fourth-order valence-electron chi connectivity index (χ4n) is 4.09. The summed E-state index contributed by atoms with van der Waals surface area (Å²) in [7, 11) is 0. The Labute approximate surface area is 198 Å². The number of fused-ring (bicyclic) bond motifs is 2. The number of aromatic nitrogens is 4. The highest BCUT2D eigenvalue weighted by Gasteiger charge is 2.46. The van der Waals surface area contributed by atoms with Gasteiger partial charge >= 0.3 is 12.1 Å². The minimum absolute atomic E-state index is 0.102. The number of nitrogens with one attached hydrogen (secondary N) is 1. The zero-order valence-corrected chi connectivity index (χ0v) is 19.0. The van der Waals surface area contributed by atoms with Gasteiger partial charge in [0, 0.05) is 43.7 Å². The predicted molar refractivity (Wildman–Crippen MR) is 112 cm³/mol. The molecule has 0 radical (unpaired) electrons. The molecular formula is C21H25F3N6O5. The molecule has 190 valence electrons. The quantitative estimate of drug-likeness (QED) is 0.628. The molecule has 1 amide bonds. The van der Waals surface area contributed by atoms with E-state index in [2.05, 4.69) is 20.4 Å². The third-order valence-corrected chi connectivity index (χ3v) is 5.98. The molecule has 1 atom stereocenters. The average molecular weight is 498 g/mol. The average Bonchev–Trinajstić information content (AvgIpc) is 3.36. The van der Waals surface area contributed by atoms with E-state index in [-0.39, 0.29) is 11.3 Å². The van der Waals surface area contributed by atoms with Crippen LogP contribution in [-0.2, 0) is 32.8 Å². The number of carbonyl (C=O) groups excluding carboxylic acids is 1. The van der Waals surface area contributed by atoms with E-state index in [1.165, 1.54) is 12.8 Å². The Hall–Kier alpha value is -3.29. The number of halogens is 3. The highest BCUT2D eigenvalue weighted by atomic mass is 19.4. The number of aliphatic carboxylic acids is 1. The van der Waals surface area contributed by atoms with E-state index in [1.807, 2.05) is 11.1 Å². The molecule has 2 aromatic heterocycles. The van der Waals surface area contributed by atoms with Crippen LogP contribution in [0.1, 0.15) is 48.7 Å². The zero-order chi connectivity index (χ0) is 25.2. The number of carbonyl (C=O) groups is 2. The summed E-state index contributed by atoms with van der Waals surface area (Å²) in [5.74, 6) is -0.861. The van der Waals surface area contributed by atoms with Gasteiger partial charge in [-0.25, -0.2) is 14.8 Å². The van der Waals surface area contributed by atoms with Gasteiger partial charge in [0.2, 0.25) is 17.7 Å². The van der Waals surface area contributed by atoms with E-state index in [0.717, 1.165) is 17.7 Å². The van der Waals surface area contributed by atoms with E-state index in [4.69, 9.17) is 24.1 Å². The maximum atomic E-state index is 12.7. The number of carboxylic acids is 1. The first-order chi connectivity index (χ1) is 16.6. The van der Waals surface area contributed by atoms with Crippen LogP contribution >= 0.6 is 0 Å². The van der Waals surface area contributed by atoms with Crippen LogP contribution in [0.5, 0.6) is 0 Å². The van der Waals surface area contributed by atoms with E-state index in [1.54, 1.807) is 6.92 Å². The van der Waals surface area contributed by atoms with Crippen molar-refractivity contribution in [2.45, 2.75) is 63.3 Å². The first kappa shape index (κ1) is 24.8. The molecule has 11 nitrogen and oxygen atoms in total. The van der Waals surface area contributed by atoms with Crippen LogP contribution < -0.4 is 5.32 Å². The molecule has 1 spiro atoms. The Kier molecular flexibility index (Phi) is 6.92. The third-order valence-electron chi connectivity index (χ3n) is 5.98. The second-order valence-corrected chi connectivity index (χ2v) is 8.86. The summed E-state index contributed by atoms with van der Waals surface area (Å²) in [6.45, 7) is 4.23. The minimum atomic E-state index is -5.08. The molecule has 0 aromatic carbocycles. The Morgan fingerprint density at radius 2 is 2.06 bits per heavy atom. The summed E-state index contributed by atoms with van der Waals surface area (Å²) in [5, 5.41) is 14.3. The lowest BCUT2D eigenvalue weighted by molar-refractivity contribution is -0.192. The Morgan fingerprint density at radius 3 is 2.69 bits per heavy atom. The molecule has 1 aliphatic carbocycles. The number of likely N-dealkylation sites (tertiary alicyclic amines) is 1. The van der Waals surface area contributed by atoms with E-state index >= 15 is 0 Å². The predicted octanol–water partition coefficient (Wildman–Crippen LogP) is 2.01. The molecule has 1 saturated heterocycles. The molecule has 14 heteroatoms. The molecule has 5 rings (SSSR count). The van der Waals surface area contributed by atoms with Crippen LogP contribution in [-0.4, -0.2) is 73.9 Å². The van der Waals surface area contributed by atoms with Crippen molar-refractivity contribution in [1.29, 1.82) is 0 Å². The number of ether oxygens (including phenoxy) is 1. The third kappa shape index (κ3) is 6.05. The molecule has 1 saturated carbocycles. The van der Waals surface area contributed by atoms with Crippen LogP contribution in [0.4, 0.5) is 19.1 Å². The number of hydrogen-bond donors (Lipinski definition) is 2. The number of alkyl halides is 3. The number of rotatable bonds is 5. The lowest BCUT2D eigenvalue weighted by atomic mass is 9.80. The summed E-state index contributed by atoms with van der Waals surface area (Å²) in [5.41, 5.74) is 1.83. The van der Waals surface area contributed by atoms with Gasteiger partial charge in [-0.05, 0) is 26.2 Å². The van der Waals surface area contributed by atoms with Crippen molar-refractivity contribution in [3.8, 4) is 0 Å². The second kappa shape index (κ2) is 9.76. The summed E-state index contributed by atoms with van der Waals surface area (Å²) in [6, 6.07) is 0.504. The molecule has 4 heterocycles. The number of nitrogens with zero attached hydrogens (tertiary/aromatic N) is 5. The first-order valence-corrected chi connectivity index (χ1v) is 11.1. The largest absolute Gasteiger partial charge is 0.490 e. The molecule has 2 N–H and O–H groups in total. The highest BCUT2D eigenvalue weighted by Crippen LogP contribution is 2.39. The van der Waals surface area contributed by atoms with Crippen molar-refractivity contribution in [2.75, 3.05) is 25.0 Å². The van der Waals surface area contributed by atoms with Crippen molar-refractivity contribution >= 4 is 17.8 Å². The smallest absolute Gasteiger partial charge is 0.475 e. The number of aryl methyl sites for hydroxylation is 2. The molecule has 1 unspecified atom stereocenters. The molecule has 0 bridgehead atoms. The molecule has 3 aliphatic rings. The lowest BCUT2D eigenvalue weighted by Crippen LogP contribution is -2.41. The van der Waals surface area contributed by atoms with Crippen molar-refractivity contribution in [3.05, 3.63) is 29.2 Å². The Bertz CT molecular complexity index is 1090. The number of carboxylic acid groups (broad SMARTS) is 1. The molecular weight excluding hydrogens is 473 g/mol. The lowest BCUT2D eigenvalue weighted by Gasteiger charge is -2.34. The summed E-state index contributed by atoms with van der Waals surface area (Å²) >= 11 is 0. The van der Waals surface area contributed by atoms with Crippen molar-refractivity contribution < 1.29 is 37.1 Å². The van der Waals surface area contributed by atoms with E-state index in [0.29, 0.717) is 62.9 Å². The summed E-state index contributed by atoms with van der Waals surface area (Å²) < 4.78 is 42.7. The topological polar surface area (TPSA) is 144 Å². The first-order valence-electron chi connectivity index (χ1n) is 11.1. The van der Waals surface area contributed by atoms with Gasteiger partial charge in [-0.15, -0.1) is 0 Å². The number of hydrogen-bond acceptors (Lipinski definition) is 9. The van der Waals surface area contributed by atoms with Gasteiger partial charge < -0.3 is 24.6 Å². The SMILES string of the molecule is Cc1noc(CCC(=O)N2CCC3(COCc4cnc(NC5CC5)nc43)C2)n1.O=C(O)C(F)(F)F. The van der Waals surface area contributed by atoms with Gasteiger partial charge in [0.1, 0.15) is 0 Å². The molecule has 2 aliphatic heterocycles. The fraction of sp³-hybridized carbons (Fsp3) is 0.619. The van der Waals surface area contributed by atoms with Gasteiger partial charge in [0.15, 0.2) is 5.82 Å². The molecule has 35 heavy (non-hydrogen) atoms. The van der Waals surface area contributed by atoms with Gasteiger partial charge in [0.25, 0.3) is 0 Å². The maximum Gasteiger partial charge on any atom is 0.490 e. The number of anilines is 1. The van der Waals surface area contributed by atoms with Crippen LogP contribution in [0, 0.1) is 6.92 Å². The summed E-state index contributed by atoms with van der Waals surface area (Å²) in [6.07, 6.45) is 0.826. The summed E-state index contributed by atoms with van der Waals surface area (Å²) in [4.78, 5) is 37.0. The van der Waals surface area contributed by atoms with Crippen molar-refractivity contribution in [3.63, 3.8) is 0 Å². The van der Waals surface area contributed by atoms with Crippen LogP contribution in [0.15, 0.2) is 10.7 Å². The van der Waals surface area contributed by atoms with Gasteiger partial charge in [-0.2, -0.15) is 18.2 Å². The highest BCUT2D eigenvalue weighted by molar-refractivity contribution is 5.77. The fourth-order valence-corrected chi connectivity index (χ4v) is 4.09. The molecule has 2 aromatic rings. The standard InChI is InChI=1S/C19H24N6O3.C2HF3O2/c1-12-21-15(28-24-12)4-5-16(26)25-7-6-19(10-25)11-27-9-13-8-20-18(23-17(13)19)22-14-2-3-14;3-2(4,5)1(6)7/h8,14H,2-7,9-11H2,1H3,(H,20,22,23);(H,6,7). The van der Waals surface area contributed by atoms with Gasteiger partial charge in [-0.3, -0.25) is 4.79 Å². The zero-order valence-electron chi connectivity index (χ0n) is 19.0. The van der Waals surface area contributed by atoms with Crippen LogP contribution in [0.2, 0.25) is 0 Å². The van der Waals surface area contributed by atoms with Crippen molar-refractivity contribution in [2.24, 2.45) is 0 Å². The minimum Gasteiger partial charge on any atom is -0.475 e. The van der Waals surface area contributed by atoms with Crippen molar-refractivity contribution in [1.82, 2.24) is 25.0 Å². The Balaban J connectivity index is 0.000000364. The van der Waals surface area contributed by atoms with E-state index < -0.39 is 12.1 Å². The normalized spacial score (nSPS) is 21.3. The van der Waals surface area contributed by atoms with Gasteiger partial charge in [0.05, 0.1) is 24.3 Å². The molecule has 2 fully saturated rings.